The first-order valence-corrected chi connectivity index (χ1v) is 8.73. The van der Waals surface area contributed by atoms with Crippen molar-refractivity contribution in [2.75, 3.05) is 32.8 Å². The molecule has 0 bridgehead atoms. The topological polar surface area (TPSA) is 59.4 Å². The summed E-state index contributed by atoms with van der Waals surface area (Å²) in [5.74, 6) is 0.734. The van der Waals surface area contributed by atoms with Crippen molar-refractivity contribution in [2.45, 2.75) is 44.8 Å². The maximum Gasteiger partial charge on any atom is 0.250 e. The molecule has 1 amide bonds. The lowest BCUT2D eigenvalue weighted by atomic mass is 9.87. The molecule has 0 aliphatic carbocycles. The van der Waals surface area contributed by atoms with Gasteiger partial charge in [-0.1, -0.05) is 13.8 Å². The molecule has 0 aromatic carbocycles. The first kappa shape index (κ1) is 16.5. The zero-order valence-corrected chi connectivity index (χ0v) is 14.2. The van der Waals surface area contributed by atoms with Crippen molar-refractivity contribution in [3.05, 3.63) is 18.5 Å². The van der Waals surface area contributed by atoms with E-state index >= 15 is 0 Å². The van der Waals surface area contributed by atoms with E-state index in [-0.39, 0.29) is 12.0 Å². The molecule has 2 saturated heterocycles. The van der Waals surface area contributed by atoms with E-state index in [0.717, 1.165) is 45.5 Å². The standard InChI is InChI=1S/C17H28N4O2/c1-14(2)13-23-15-4-11-20(12-15)16(22)17(5-8-18-9-6-17)21-10-3-7-19-21/h3,7,10,14-15,18H,4-6,8-9,11-13H2,1-2H3. The number of piperidine rings is 1. The Bertz CT molecular complexity index is 509. The highest BCUT2D eigenvalue weighted by Gasteiger charge is 2.45. The quantitative estimate of drug-likeness (QED) is 0.887. The Hall–Kier alpha value is -1.40. The number of aromatic nitrogens is 2. The van der Waals surface area contributed by atoms with Crippen LogP contribution < -0.4 is 5.32 Å². The molecule has 0 saturated carbocycles. The second-order valence-corrected chi connectivity index (χ2v) is 7.12. The van der Waals surface area contributed by atoms with E-state index in [4.69, 9.17) is 4.74 Å². The molecule has 1 unspecified atom stereocenters. The summed E-state index contributed by atoms with van der Waals surface area (Å²) in [6, 6.07) is 1.90. The van der Waals surface area contributed by atoms with Gasteiger partial charge in [-0.05, 0) is 44.3 Å². The number of hydrogen-bond donors (Lipinski definition) is 1. The molecular formula is C17H28N4O2. The summed E-state index contributed by atoms with van der Waals surface area (Å²) in [6.45, 7) is 8.28. The van der Waals surface area contributed by atoms with Gasteiger partial charge in [-0.15, -0.1) is 0 Å². The lowest BCUT2D eigenvalue weighted by Crippen LogP contribution is -2.55. The van der Waals surface area contributed by atoms with E-state index in [0.29, 0.717) is 12.5 Å². The number of amides is 1. The molecule has 2 aliphatic rings. The van der Waals surface area contributed by atoms with Gasteiger partial charge in [0.1, 0.15) is 5.54 Å². The van der Waals surface area contributed by atoms with Gasteiger partial charge >= 0.3 is 0 Å². The molecule has 3 rings (SSSR count). The summed E-state index contributed by atoms with van der Waals surface area (Å²) in [7, 11) is 0. The van der Waals surface area contributed by atoms with Crippen LogP contribution in [-0.2, 0) is 15.1 Å². The highest BCUT2D eigenvalue weighted by atomic mass is 16.5. The zero-order chi connectivity index (χ0) is 16.3. The average molecular weight is 320 g/mol. The van der Waals surface area contributed by atoms with Crippen LogP contribution in [0.2, 0.25) is 0 Å². The maximum absolute atomic E-state index is 13.3. The third-order valence-electron chi connectivity index (χ3n) is 4.87. The predicted molar refractivity (Wildman–Crippen MR) is 88.1 cm³/mol. The van der Waals surface area contributed by atoms with Crippen LogP contribution >= 0.6 is 0 Å². The molecule has 6 heteroatoms. The van der Waals surface area contributed by atoms with Crippen molar-refractivity contribution in [1.29, 1.82) is 0 Å². The molecule has 2 aliphatic heterocycles. The molecule has 2 fully saturated rings. The van der Waals surface area contributed by atoms with Gasteiger partial charge < -0.3 is 15.0 Å². The third kappa shape index (κ3) is 3.43. The highest BCUT2D eigenvalue weighted by Crippen LogP contribution is 2.31. The highest BCUT2D eigenvalue weighted by molar-refractivity contribution is 5.85. The van der Waals surface area contributed by atoms with E-state index in [9.17, 15) is 4.79 Å². The Morgan fingerprint density at radius 1 is 1.43 bits per heavy atom. The third-order valence-corrected chi connectivity index (χ3v) is 4.87. The normalized spacial score (nSPS) is 24.3. The molecule has 23 heavy (non-hydrogen) atoms. The van der Waals surface area contributed by atoms with Crippen molar-refractivity contribution in [2.24, 2.45) is 5.92 Å². The minimum atomic E-state index is -0.526. The van der Waals surface area contributed by atoms with Crippen LogP contribution in [0.4, 0.5) is 0 Å². The lowest BCUT2D eigenvalue weighted by Gasteiger charge is -2.39. The Balaban J connectivity index is 1.70. The maximum atomic E-state index is 13.3. The molecule has 0 spiro atoms. The number of likely N-dealkylation sites (tertiary alicyclic amines) is 1. The van der Waals surface area contributed by atoms with Crippen LogP contribution in [0.5, 0.6) is 0 Å². The van der Waals surface area contributed by atoms with E-state index in [1.807, 2.05) is 21.8 Å². The lowest BCUT2D eigenvalue weighted by molar-refractivity contribution is -0.142. The summed E-state index contributed by atoms with van der Waals surface area (Å²) in [5.41, 5.74) is -0.526. The average Bonchev–Trinajstić information content (AvgIpc) is 3.24. The fraction of sp³-hybridized carbons (Fsp3) is 0.765. The second-order valence-electron chi connectivity index (χ2n) is 7.12. The van der Waals surface area contributed by atoms with Gasteiger partial charge in [-0.3, -0.25) is 9.48 Å². The SMILES string of the molecule is CC(C)COC1CCN(C(=O)C2(n3cccn3)CCNCC2)C1. The number of ether oxygens (including phenoxy) is 1. The smallest absolute Gasteiger partial charge is 0.250 e. The monoisotopic (exact) mass is 320 g/mol. The Morgan fingerprint density at radius 2 is 2.22 bits per heavy atom. The second kappa shape index (κ2) is 7.01. The Labute approximate surface area is 138 Å². The minimum Gasteiger partial charge on any atom is -0.376 e. The Kier molecular flexibility index (Phi) is 5.02. The van der Waals surface area contributed by atoms with Gasteiger partial charge in [0, 0.05) is 32.1 Å². The van der Waals surface area contributed by atoms with Gasteiger partial charge in [0.25, 0.3) is 5.91 Å². The summed E-state index contributed by atoms with van der Waals surface area (Å²) < 4.78 is 7.80. The number of carbonyl (C=O) groups is 1. The van der Waals surface area contributed by atoms with Gasteiger partial charge in [0.15, 0.2) is 0 Å². The van der Waals surface area contributed by atoms with Crippen molar-refractivity contribution >= 4 is 5.91 Å². The fourth-order valence-corrected chi connectivity index (χ4v) is 3.57. The molecule has 1 aromatic rings. The van der Waals surface area contributed by atoms with Crippen molar-refractivity contribution in [3.8, 4) is 0 Å². The zero-order valence-electron chi connectivity index (χ0n) is 14.2. The van der Waals surface area contributed by atoms with E-state index in [1.54, 1.807) is 6.20 Å². The van der Waals surface area contributed by atoms with Gasteiger partial charge in [-0.2, -0.15) is 5.10 Å². The molecule has 3 heterocycles. The van der Waals surface area contributed by atoms with Crippen molar-refractivity contribution in [3.63, 3.8) is 0 Å². The van der Waals surface area contributed by atoms with Crippen LogP contribution in [0, 0.1) is 5.92 Å². The van der Waals surface area contributed by atoms with E-state index in [2.05, 4.69) is 24.3 Å². The summed E-state index contributed by atoms with van der Waals surface area (Å²) in [4.78, 5) is 15.3. The van der Waals surface area contributed by atoms with Crippen LogP contribution in [0.25, 0.3) is 0 Å². The van der Waals surface area contributed by atoms with Crippen LogP contribution in [0.3, 0.4) is 0 Å². The first-order chi connectivity index (χ1) is 11.1. The molecular weight excluding hydrogens is 292 g/mol. The molecule has 1 aromatic heterocycles. The first-order valence-electron chi connectivity index (χ1n) is 8.73. The number of rotatable bonds is 5. The van der Waals surface area contributed by atoms with Crippen LogP contribution in [0.1, 0.15) is 33.1 Å². The largest absolute Gasteiger partial charge is 0.376 e. The Morgan fingerprint density at radius 3 is 2.87 bits per heavy atom. The van der Waals surface area contributed by atoms with Gasteiger partial charge in [-0.25, -0.2) is 0 Å². The van der Waals surface area contributed by atoms with E-state index in [1.165, 1.54) is 0 Å². The summed E-state index contributed by atoms with van der Waals surface area (Å²) in [6.07, 6.45) is 6.38. The summed E-state index contributed by atoms with van der Waals surface area (Å²) in [5, 5.41) is 7.75. The van der Waals surface area contributed by atoms with Crippen molar-refractivity contribution < 1.29 is 9.53 Å². The number of hydrogen-bond acceptors (Lipinski definition) is 4. The minimum absolute atomic E-state index is 0.178. The molecule has 1 atom stereocenters. The molecule has 1 N–H and O–H groups in total. The molecule has 0 radical (unpaired) electrons. The number of carbonyl (C=O) groups excluding carboxylic acids is 1. The van der Waals surface area contributed by atoms with Gasteiger partial charge in [0.2, 0.25) is 0 Å². The van der Waals surface area contributed by atoms with E-state index < -0.39 is 5.54 Å². The number of nitrogens with zero attached hydrogens (tertiary/aromatic N) is 3. The number of nitrogens with one attached hydrogen (secondary N) is 1. The molecule has 128 valence electrons. The van der Waals surface area contributed by atoms with Gasteiger partial charge in [0.05, 0.1) is 6.10 Å². The predicted octanol–water partition coefficient (Wildman–Crippen LogP) is 1.24. The molecule has 6 nitrogen and oxygen atoms in total. The van der Waals surface area contributed by atoms with Crippen LogP contribution in [0.15, 0.2) is 18.5 Å². The van der Waals surface area contributed by atoms with Crippen LogP contribution in [-0.4, -0.2) is 59.5 Å². The fourth-order valence-electron chi connectivity index (χ4n) is 3.57. The summed E-state index contributed by atoms with van der Waals surface area (Å²) >= 11 is 0. The van der Waals surface area contributed by atoms with Crippen molar-refractivity contribution in [1.82, 2.24) is 20.0 Å².